The lowest BCUT2D eigenvalue weighted by Crippen LogP contribution is -2.49. The van der Waals surface area contributed by atoms with E-state index < -0.39 is 5.54 Å². The van der Waals surface area contributed by atoms with Crippen LogP contribution in [0, 0.1) is 17.2 Å². The third-order valence-electron chi connectivity index (χ3n) is 8.75. The maximum absolute atomic E-state index is 14.0. The number of amides is 1. The molecule has 2 N–H and O–H groups in total. The molecule has 4 nitrogen and oxygen atoms in total. The molecule has 0 bridgehead atoms. The van der Waals surface area contributed by atoms with Crippen LogP contribution in [0.4, 0.5) is 0 Å². The minimum atomic E-state index is -0.583. The standard InChI is InChI=1S/C31H41N3O/c32-30-33-31(22-25-12-6-2-7-13-25,21-20-24-10-4-1-5-11-24)29(35)34(30)23-26-16-18-28(19-17-26)27-14-8-3-9-15-27/h3,8-9,14-19,24-25H,1-2,4-7,10-13,20-23H2,(H2,32,33)/t31-/m1/s1. The van der Waals surface area contributed by atoms with Crippen LogP contribution in [-0.4, -0.2) is 22.3 Å². The van der Waals surface area contributed by atoms with E-state index in [1.54, 1.807) is 4.90 Å². The molecule has 1 aliphatic heterocycles. The second-order valence-electron chi connectivity index (χ2n) is 11.3. The van der Waals surface area contributed by atoms with Gasteiger partial charge in [0.2, 0.25) is 0 Å². The molecule has 2 aromatic rings. The molecule has 1 heterocycles. The van der Waals surface area contributed by atoms with Crippen molar-refractivity contribution >= 4 is 11.9 Å². The predicted molar refractivity (Wildman–Crippen MR) is 143 cm³/mol. The van der Waals surface area contributed by atoms with Gasteiger partial charge in [0, 0.05) is 0 Å². The lowest BCUT2D eigenvalue weighted by Gasteiger charge is -2.34. The first-order chi connectivity index (χ1) is 17.1. The minimum absolute atomic E-state index is 0.135. The first-order valence-corrected chi connectivity index (χ1v) is 14.0. The molecule has 186 valence electrons. The highest BCUT2D eigenvalue weighted by Gasteiger charge is 2.50. The van der Waals surface area contributed by atoms with Gasteiger partial charge in [0.15, 0.2) is 5.96 Å². The molecule has 0 radical (unpaired) electrons. The fourth-order valence-electron chi connectivity index (χ4n) is 6.69. The summed E-state index contributed by atoms with van der Waals surface area (Å²) in [6, 6.07) is 18.8. The quantitative estimate of drug-likeness (QED) is 0.425. The number of nitrogens with zero attached hydrogens (tertiary/aromatic N) is 1. The second kappa shape index (κ2) is 11.0. The maximum atomic E-state index is 14.0. The molecule has 0 spiro atoms. The van der Waals surface area contributed by atoms with Crippen LogP contribution >= 0.6 is 0 Å². The second-order valence-corrected chi connectivity index (χ2v) is 11.3. The molecule has 4 heteroatoms. The molecule has 35 heavy (non-hydrogen) atoms. The first kappa shape index (κ1) is 24.1. The highest BCUT2D eigenvalue weighted by molar-refractivity contribution is 6.07. The summed E-state index contributed by atoms with van der Waals surface area (Å²) in [5, 5.41) is 12.2. The van der Waals surface area contributed by atoms with Gasteiger partial charge in [-0.2, -0.15) is 0 Å². The van der Waals surface area contributed by atoms with Crippen LogP contribution in [0.2, 0.25) is 0 Å². The number of rotatable bonds is 8. The Kier molecular flexibility index (Phi) is 7.55. The zero-order valence-corrected chi connectivity index (χ0v) is 21.1. The van der Waals surface area contributed by atoms with Crippen molar-refractivity contribution in [3.05, 3.63) is 60.2 Å². The van der Waals surface area contributed by atoms with Crippen molar-refractivity contribution in [1.82, 2.24) is 10.2 Å². The van der Waals surface area contributed by atoms with Crippen LogP contribution in [-0.2, 0) is 11.3 Å². The summed E-state index contributed by atoms with van der Waals surface area (Å²) in [6.45, 7) is 0.468. The molecule has 2 aromatic carbocycles. The van der Waals surface area contributed by atoms with Crippen molar-refractivity contribution in [3.8, 4) is 11.1 Å². The SMILES string of the molecule is N=C1N[C@](CCC2CCCCC2)(CC2CCCCC2)C(=O)N1Cc1ccc(-c2ccccc2)cc1. The lowest BCUT2D eigenvalue weighted by atomic mass is 9.75. The van der Waals surface area contributed by atoms with E-state index in [-0.39, 0.29) is 5.91 Å². The van der Waals surface area contributed by atoms with E-state index in [0.717, 1.165) is 30.7 Å². The van der Waals surface area contributed by atoms with E-state index in [1.165, 1.54) is 75.3 Å². The van der Waals surface area contributed by atoms with Crippen molar-refractivity contribution < 1.29 is 4.79 Å². The number of guanidine groups is 1. The molecule has 3 fully saturated rings. The molecule has 1 saturated heterocycles. The zero-order chi connectivity index (χ0) is 24.1. The van der Waals surface area contributed by atoms with Crippen molar-refractivity contribution in [2.75, 3.05) is 0 Å². The fraction of sp³-hybridized carbons (Fsp3) is 0.548. The summed E-state index contributed by atoms with van der Waals surface area (Å²) < 4.78 is 0. The van der Waals surface area contributed by atoms with Crippen molar-refractivity contribution in [2.24, 2.45) is 11.8 Å². The molecule has 1 amide bonds. The summed E-state index contributed by atoms with van der Waals surface area (Å²) in [7, 11) is 0. The van der Waals surface area contributed by atoms with Crippen LogP contribution in [0.1, 0.15) is 89.0 Å². The van der Waals surface area contributed by atoms with Gasteiger partial charge in [-0.1, -0.05) is 119 Å². The third-order valence-corrected chi connectivity index (χ3v) is 8.75. The van der Waals surface area contributed by atoms with E-state index >= 15 is 0 Å². The Balaban J connectivity index is 1.31. The lowest BCUT2D eigenvalue weighted by molar-refractivity contribution is -0.132. The van der Waals surface area contributed by atoms with Crippen LogP contribution in [0.25, 0.3) is 11.1 Å². The van der Waals surface area contributed by atoms with E-state index in [2.05, 4.69) is 53.8 Å². The Morgan fingerprint density at radius 2 is 1.40 bits per heavy atom. The molecular weight excluding hydrogens is 430 g/mol. The molecule has 2 saturated carbocycles. The first-order valence-electron chi connectivity index (χ1n) is 14.0. The highest BCUT2D eigenvalue weighted by Crippen LogP contribution is 2.39. The topological polar surface area (TPSA) is 56.2 Å². The Labute approximate surface area is 211 Å². The monoisotopic (exact) mass is 471 g/mol. The summed E-state index contributed by atoms with van der Waals surface area (Å²) in [5.41, 5.74) is 2.86. The zero-order valence-electron chi connectivity index (χ0n) is 21.1. The molecule has 3 aliphatic rings. The third kappa shape index (κ3) is 5.63. The van der Waals surface area contributed by atoms with E-state index in [9.17, 15) is 4.79 Å². The smallest absolute Gasteiger partial charge is 0.255 e. The number of hydrogen-bond donors (Lipinski definition) is 2. The van der Waals surface area contributed by atoms with Gasteiger partial charge < -0.3 is 5.32 Å². The van der Waals surface area contributed by atoms with Crippen molar-refractivity contribution in [3.63, 3.8) is 0 Å². The van der Waals surface area contributed by atoms with Crippen LogP contribution in [0.15, 0.2) is 54.6 Å². The van der Waals surface area contributed by atoms with Gasteiger partial charge in [-0.3, -0.25) is 15.1 Å². The Bertz CT molecular complexity index is 990. The molecular formula is C31H41N3O. The van der Waals surface area contributed by atoms with Gasteiger partial charge in [0.05, 0.1) is 6.54 Å². The van der Waals surface area contributed by atoms with Crippen molar-refractivity contribution in [1.29, 1.82) is 5.41 Å². The van der Waals surface area contributed by atoms with Gasteiger partial charge in [-0.25, -0.2) is 0 Å². The summed E-state index contributed by atoms with van der Waals surface area (Å²) in [6.07, 6.45) is 15.9. The fourth-order valence-corrected chi connectivity index (χ4v) is 6.69. The Hall–Kier alpha value is -2.62. The predicted octanol–water partition coefficient (Wildman–Crippen LogP) is 7.29. The van der Waals surface area contributed by atoms with Crippen LogP contribution in [0.5, 0.6) is 0 Å². The summed E-state index contributed by atoms with van der Waals surface area (Å²) in [5.74, 6) is 1.78. The average molecular weight is 472 g/mol. The molecule has 1 atom stereocenters. The molecule has 0 unspecified atom stereocenters. The van der Waals surface area contributed by atoms with E-state index in [4.69, 9.17) is 5.41 Å². The summed E-state index contributed by atoms with van der Waals surface area (Å²) in [4.78, 5) is 15.7. The number of carbonyl (C=O) groups is 1. The number of hydrogen-bond acceptors (Lipinski definition) is 2. The molecule has 0 aromatic heterocycles. The van der Waals surface area contributed by atoms with E-state index in [0.29, 0.717) is 18.4 Å². The summed E-state index contributed by atoms with van der Waals surface area (Å²) >= 11 is 0. The average Bonchev–Trinajstić information content (AvgIpc) is 3.14. The number of carbonyl (C=O) groups excluding carboxylic acids is 1. The maximum Gasteiger partial charge on any atom is 0.255 e. The highest BCUT2D eigenvalue weighted by atomic mass is 16.2. The normalized spacial score (nSPS) is 24.1. The van der Waals surface area contributed by atoms with Gasteiger partial charge in [0.25, 0.3) is 5.91 Å². The van der Waals surface area contributed by atoms with E-state index in [1.807, 2.05) is 6.07 Å². The molecule has 2 aliphatic carbocycles. The number of benzene rings is 2. The van der Waals surface area contributed by atoms with Gasteiger partial charge in [-0.05, 0) is 47.8 Å². The van der Waals surface area contributed by atoms with Crippen LogP contribution in [0.3, 0.4) is 0 Å². The number of nitrogens with one attached hydrogen (secondary N) is 2. The van der Waals surface area contributed by atoms with Gasteiger partial charge in [-0.15, -0.1) is 0 Å². The molecule has 5 rings (SSSR count). The van der Waals surface area contributed by atoms with Gasteiger partial charge in [0.1, 0.15) is 5.54 Å². The largest absolute Gasteiger partial charge is 0.342 e. The Morgan fingerprint density at radius 1 is 0.800 bits per heavy atom. The Morgan fingerprint density at radius 3 is 2.06 bits per heavy atom. The minimum Gasteiger partial charge on any atom is -0.342 e. The van der Waals surface area contributed by atoms with Crippen molar-refractivity contribution in [2.45, 2.75) is 95.6 Å². The van der Waals surface area contributed by atoms with Gasteiger partial charge >= 0.3 is 0 Å². The van der Waals surface area contributed by atoms with Crippen LogP contribution < -0.4 is 5.32 Å².